The molecule has 3 heteroatoms. The van der Waals surface area contributed by atoms with Crippen molar-refractivity contribution in [3.63, 3.8) is 0 Å². The first-order valence-electron chi connectivity index (χ1n) is 7.32. The number of hydrogen-bond donors (Lipinski definition) is 0. The molecule has 0 unspecified atom stereocenters. The molecule has 0 amide bonds. The molecule has 0 saturated carbocycles. The molecule has 0 atom stereocenters. The van der Waals surface area contributed by atoms with Crippen molar-refractivity contribution in [3.8, 4) is 0 Å². The van der Waals surface area contributed by atoms with Crippen LogP contribution in [0.2, 0.25) is 0 Å². The lowest BCUT2D eigenvalue weighted by atomic mass is 10.1. The van der Waals surface area contributed by atoms with Crippen molar-refractivity contribution in [2.24, 2.45) is 0 Å². The molecule has 0 radical (unpaired) electrons. The smallest absolute Gasteiger partial charge is 0.160 e. The Bertz CT molecular complexity index is 980. The standard InChI is InChI=1S/C18H17N3/c1-11(2)21-16-9-8-12(3)10-13(16)17-18(21)20-15-7-5-4-6-14(15)19-17/h4-11H,1-3H3. The highest BCUT2D eigenvalue weighted by molar-refractivity contribution is 6.06. The Balaban J connectivity index is 2.28. The van der Waals surface area contributed by atoms with Crippen LogP contribution in [0.3, 0.4) is 0 Å². The predicted molar refractivity (Wildman–Crippen MR) is 87.7 cm³/mol. The normalized spacial score (nSPS) is 12.0. The Morgan fingerprint density at radius 3 is 2.38 bits per heavy atom. The summed E-state index contributed by atoms with van der Waals surface area (Å²) < 4.78 is 2.28. The summed E-state index contributed by atoms with van der Waals surface area (Å²) in [5, 5.41) is 1.19. The van der Waals surface area contributed by atoms with Crippen LogP contribution in [0.4, 0.5) is 0 Å². The molecule has 3 nitrogen and oxygen atoms in total. The second-order valence-corrected chi connectivity index (χ2v) is 5.87. The fourth-order valence-electron chi connectivity index (χ4n) is 3.03. The minimum absolute atomic E-state index is 0.350. The third kappa shape index (κ3) is 1.74. The van der Waals surface area contributed by atoms with E-state index in [1.54, 1.807) is 0 Å². The van der Waals surface area contributed by atoms with Gasteiger partial charge >= 0.3 is 0 Å². The lowest BCUT2D eigenvalue weighted by Gasteiger charge is -2.10. The summed E-state index contributed by atoms with van der Waals surface area (Å²) in [7, 11) is 0. The van der Waals surface area contributed by atoms with E-state index >= 15 is 0 Å². The average Bonchev–Trinajstić information content (AvgIpc) is 2.78. The number of nitrogens with zero attached hydrogens (tertiary/aromatic N) is 3. The first-order valence-corrected chi connectivity index (χ1v) is 7.32. The summed E-state index contributed by atoms with van der Waals surface area (Å²) in [5.74, 6) is 0. The molecule has 104 valence electrons. The van der Waals surface area contributed by atoms with Crippen molar-refractivity contribution < 1.29 is 0 Å². The van der Waals surface area contributed by atoms with E-state index in [1.165, 1.54) is 16.5 Å². The molecular weight excluding hydrogens is 258 g/mol. The largest absolute Gasteiger partial charge is 0.321 e. The van der Waals surface area contributed by atoms with Gasteiger partial charge in [0.25, 0.3) is 0 Å². The molecular formula is C18H17N3. The van der Waals surface area contributed by atoms with Gasteiger partial charge in [-0.3, -0.25) is 0 Å². The molecule has 2 aromatic carbocycles. The van der Waals surface area contributed by atoms with Crippen molar-refractivity contribution in [2.75, 3.05) is 0 Å². The number of hydrogen-bond acceptors (Lipinski definition) is 2. The molecule has 4 aromatic rings. The number of rotatable bonds is 1. The minimum Gasteiger partial charge on any atom is -0.321 e. The summed E-state index contributed by atoms with van der Waals surface area (Å²) >= 11 is 0. The number of aromatic nitrogens is 3. The van der Waals surface area contributed by atoms with Gasteiger partial charge in [0.05, 0.1) is 16.6 Å². The molecule has 2 heterocycles. The molecule has 0 bridgehead atoms. The molecule has 2 aromatic heterocycles. The number of aryl methyl sites for hydroxylation is 1. The number of benzene rings is 2. The van der Waals surface area contributed by atoms with Crippen molar-refractivity contribution in [3.05, 3.63) is 48.0 Å². The Labute approximate surface area is 123 Å². The van der Waals surface area contributed by atoms with Crippen LogP contribution in [0.5, 0.6) is 0 Å². The zero-order valence-corrected chi connectivity index (χ0v) is 12.5. The van der Waals surface area contributed by atoms with Gasteiger partial charge in [0.2, 0.25) is 0 Å². The van der Waals surface area contributed by atoms with E-state index in [2.05, 4.69) is 43.5 Å². The fourth-order valence-corrected chi connectivity index (χ4v) is 3.03. The lowest BCUT2D eigenvalue weighted by Crippen LogP contribution is -2.01. The van der Waals surface area contributed by atoms with Crippen molar-refractivity contribution in [1.82, 2.24) is 14.5 Å². The maximum atomic E-state index is 4.87. The van der Waals surface area contributed by atoms with Gasteiger partial charge in [-0.25, -0.2) is 9.97 Å². The maximum Gasteiger partial charge on any atom is 0.160 e. The fraction of sp³-hybridized carbons (Fsp3) is 0.222. The summed E-state index contributed by atoms with van der Waals surface area (Å²) in [5.41, 5.74) is 6.34. The second kappa shape index (κ2) is 4.29. The Morgan fingerprint density at radius 1 is 0.952 bits per heavy atom. The van der Waals surface area contributed by atoms with Crippen molar-refractivity contribution in [1.29, 1.82) is 0 Å². The summed E-state index contributed by atoms with van der Waals surface area (Å²) in [4.78, 5) is 9.73. The summed E-state index contributed by atoms with van der Waals surface area (Å²) in [6.07, 6.45) is 0. The molecule has 0 fully saturated rings. The highest BCUT2D eigenvalue weighted by atomic mass is 15.1. The van der Waals surface area contributed by atoms with E-state index in [1.807, 2.05) is 24.3 Å². The quantitative estimate of drug-likeness (QED) is 0.507. The molecule has 0 saturated heterocycles. The van der Waals surface area contributed by atoms with E-state index in [4.69, 9.17) is 9.97 Å². The van der Waals surface area contributed by atoms with Crippen LogP contribution in [0.1, 0.15) is 25.5 Å². The van der Waals surface area contributed by atoms with Crippen LogP contribution < -0.4 is 0 Å². The lowest BCUT2D eigenvalue weighted by molar-refractivity contribution is 0.637. The molecule has 4 rings (SSSR count). The zero-order chi connectivity index (χ0) is 14.6. The number of fused-ring (bicyclic) bond motifs is 4. The van der Waals surface area contributed by atoms with Crippen LogP contribution in [-0.4, -0.2) is 14.5 Å². The van der Waals surface area contributed by atoms with Crippen molar-refractivity contribution in [2.45, 2.75) is 26.8 Å². The van der Waals surface area contributed by atoms with Crippen LogP contribution in [0.25, 0.3) is 33.1 Å². The third-order valence-electron chi connectivity index (χ3n) is 3.96. The van der Waals surface area contributed by atoms with Crippen LogP contribution in [0.15, 0.2) is 42.5 Å². The Hall–Kier alpha value is -2.42. The Morgan fingerprint density at radius 2 is 1.67 bits per heavy atom. The van der Waals surface area contributed by atoms with Gasteiger partial charge in [0, 0.05) is 11.4 Å². The van der Waals surface area contributed by atoms with Gasteiger partial charge in [-0.2, -0.15) is 0 Å². The predicted octanol–water partition coefficient (Wildman–Crippen LogP) is 4.63. The number of para-hydroxylation sites is 2. The first kappa shape index (κ1) is 12.3. The first-order chi connectivity index (χ1) is 10.1. The molecule has 0 aliphatic carbocycles. The molecule has 0 aliphatic heterocycles. The highest BCUT2D eigenvalue weighted by Gasteiger charge is 2.16. The van der Waals surface area contributed by atoms with E-state index in [-0.39, 0.29) is 0 Å². The van der Waals surface area contributed by atoms with Gasteiger partial charge in [0.15, 0.2) is 5.65 Å². The van der Waals surface area contributed by atoms with Gasteiger partial charge in [0.1, 0.15) is 5.52 Å². The monoisotopic (exact) mass is 275 g/mol. The van der Waals surface area contributed by atoms with Gasteiger partial charge in [-0.05, 0) is 45.0 Å². The molecule has 21 heavy (non-hydrogen) atoms. The molecule has 0 aliphatic rings. The summed E-state index contributed by atoms with van der Waals surface area (Å²) in [6.45, 7) is 6.50. The van der Waals surface area contributed by atoms with Gasteiger partial charge in [-0.15, -0.1) is 0 Å². The van der Waals surface area contributed by atoms with Crippen molar-refractivity contribution >= 4 is 33.1 Å². The average molecular weight is 275 g/mol. The van der Waals surface area contributed by atoms with E-state index in [0.29, 0.717) is 6.04 Å². The van der Waals surface area contributed by atoms with E-state index in [0.717, 1.165) is 22.2 Å². The van der Waals surface area contributed by atoms with Gasteiger partial charge < -0.3 is 4.57 Å². The van der Waals surface area contributed by atoms with E-state index < -0.39 is 0 Å². The maximum absolute atomic E-state index is 4.87. The summed E-state index contributed by atoms with van der Waals surface area (Å²) in [6, 6.07) is 15.0. The topological polar surface area (TPSA) is 30.7 Å². The highest BCUT2D eigenvalue weighted by Crippen LogP contribution is 2.31. The SMILES string of the molecule is Cc1ccc2c(c1)c1nc3ccccc3nc1n2C(C)C. The second-order valence-electron chi connectivity index (χ2n) is 5.87. The minimum atomic E-state index is 0.350. The molecule has 0 spiro atoms. The third-order valence-corrected chi connectivity index (χ3v) is 3.96. The van der Waals surface area contributed by atoms with Crippen LogP contribution in [0, 0.1) is 6.92 Å². The van der Waals surface area contributed by atoms with Crippen LogP contribution in [-0.2, 0) is 0 Å². The zero-order valence-electron chi connectivity index (χ0n) is 12.5. The van der Waals surface area contributed by atoms with E-state index in [9.17, 15) is 0 Å². The molecule has 0 N–H and O–H groups in total. The van der Waals surface area contributed by atoms with Gasteiger partial charge in [-0.1, -0.05) is 23.8 Å². The van der Waals surface area contributed by atoms with Crippen LogP contribution >= 0.6 is 0 Å². The Kier molecular flexibility index (Phi) is 2.52.